The van der Waals surface area contributed by atoms with E-state index in [9.17, 15) is 0 Å². The molecule has 0 spiro atoms. The van der Waals surface area contributed by atoms with Gasteiger partial charge in [-0.2, -0.15) is 0 Å². The van der Waals surface area contributed by atoms with Crippen LogP contribution in [0.25, 0.3) is 0 Å². The molecular formula is C10H19N. The minimum Gasteiger partial charge on any atom is -0.291 e. The van der Waals surface area contributed by atoms with Crippen LogP contribution in [0.1, 0.15) is 27.7 Å². The zero-order valence-corrected chi connectivity index (χ0v) is 8.04. The van der Waals surface area contributed by atoms with Gasteiger partial charge >= 0.3 is 0 Å². The van der Waals surface area contributed by atoms with Crippen molar-refractivity contribution < 1.29 is 0 Å². The summed E-state index contributed by atoms with van der Waals surface area (Å²) >= 11 is 0. The fraction of sp³-hybridized carbons (Fsp3) is 0.800. The first-order valence-electron chi connectivity index (χ1n) is 4.55. The molecule has 0 aromatic heterocycles. The molecule has 64 valence electrons. The van der Waals surface area contributed by atoms with Crippen molar-refractivity contribution in [3.8, 4) is 0 Å². The maximum absolute atomic E-state index is 2.53. The summed E-state index contributed by atoms with van der Waals surface area (Å²) in [5.74, 6) is 0.746. The molecule has 1 aliphatic rings. The van der Waals surface area contributed by atoms with Gasteiger partial charge in [0.15, 0.2) is 0 Å². The van der Waals surface area contributed by atoms with Crippen LogP contribution in [0.2, 0.25) is 0 Å². The largest absolute Gasteiger partial charge is 0.291 e. The normalized spacial score (nSPS) is 25.8. The highest BCUT2D eigenvalue weighted by Gasteiger charge is 2.23. The molecule has 0 N–H and O–H groups in total. The molecule has 1 rings (SSSR count). The van der Waals surface area contributed by atoms with Gasteiger partial charge in [-0.15, -0.1) is 0 Å². The molecule has 11 heavy (non-hydrogen) atoms. The van der Waals surface area contributed by atoms with Crippen molar-refractivity contribution in [2.24, 2.45) is 5.92 Å². The van der Waals surface area contributed by atoms with E-state index >= 15 is 0 Å². The van der Waals surface area contributed by atoms with Gasteiger partial charge < -0.3 is 0 Å². The Kier molecular flexibility index (Phi) is 2.72. The van der Waals surface area contributed by atoms with E-state index in [2.05, 4.69) is 44.7 Å². The molecule has 0 bridgehead atoms. The minimum absolute atomic E-state index is 0.676. The van der Waals surface area contributed by atoms with Gasteiger partial charge in [-0.1, -0.05) is 26.0 Å². The Morgan fingerprint density at radius 2 is 1.91 bits per heavy atom. The van der Waals surface area contributed by atoms with Crippen LogP contribution in [-0.2, 0) is 0 Å². The van der Waals surface area contributed by atoms with Gasteiger partial charge in [-0.25, -0.2) is 0 Å². The van der Waals surface area contributed by atoms with E-state index in [1.54, 1.807) is 0 Å². The lowest BCUT2D eigenvalue weighted by Gasteiger charge is -2.30. The first-order chi connectivity index (χ1) is 5.13. The van der Waals surface area contributed by atoms with Crippen molar-refractivity contribution in [3.05, 3.63) is 12.2 Å². The van der Waals surface area contributed by atoms with Gasteiger partial charge in [0, 0.05) is 18.6 Å². The summed E-state index contributed by atoms with van der Waals surface area (Å²) in [6.07, 6.45) is 4.62. The number of hydrogen-bond acceptors (Lipinski definition) is 1. The van der Waals surface area contributed by atoms with E-state index in [-0.39, 0.29) is 0 Å². The third kappa shape index (κ3) is 1.84. The van der Waals surface area contributed by atoms with Gasteiger partial charge in [0.2, 0.25) is 0 Å². The predicted molar refractivity (Wildman–Crippen MR) is 49.6 cm³/mol. The number of rotatable bonds is 2. The molecule has 0 aromatic carbocycles. The molecular weight excluding hydrogens is 134 g/mol. The first-order valence-corrected chi connectivity index (χ1v) is 4.55. The Balaban J connectivity index is 2.56. The van der Waals surface area contributed by atoms with Gasteiger partial charge in [0.1, 0.15) is 0 Å². The van der Waals surface area contributed by atoms with Gasteiger partial charge in [-0.05, 0) is 19.8 Å². The van der Waals surface area contributed by atoms with Crippen molar-refractivity contribution in [2.45, 2.75) is 39.8 Å². The minimum atomic E-state index is 0.676. The van der Waals surface area contributed by atoms with E-state index in [1.165, 1.54) is 0 Å². The van der Waals surface area contributed by atoms with Gasteiger partial charge in [0.05, 0.1) is 0 Å². The molecule has 0 radical (unpaired) electrons. The van der Waals surface area contributed by atoms with E-state index in [1.807, 2.05) is 0 Å². The lowest BCUT2D eigenvalue weighted by Crippen LogP contribution is -2.38. The fourth-order valence-corrected chi connectivity index (χ4v) is 1.71. The molecule has 0 fully saturated rings. The molecule has 1 aliphatic heterocycles. The summed E-state index contributed by atoms with van der Waals surface area (Å²) in [5, 5.41) is 0. The molecule has 0 aromatic rings. The third-order valence-electron chi connectivity index (χ3n) is 2.38. The summed E-state index contributed by atoms with van der Waals surface area (Å²) in [7, 11) is 0. The summed E-state index contributed by atoms with van der Waals surface area (Å²) in [6.45, 7) is 10.2. The van der Waals surface area contributed by atoms with Crippen molar-refractivity contribution in [1.29, 1.82) is 0 Å². The summed E-state index contributed by atoms with van der Waals surface area (Å²) < 4.78 is 0. The quantitative estimate of drug-likeness (QED) is 0.550. The lowest BCUT2D eigenvalue weighted by atomic mass is 10.0. The highest BCUT2D eigenvalue weighted by molar-refractivity contribution is 5.05. The molecule has 1 heterocycles. The Morgan fingerprint density at radius 1 is 1.27 bits per heavy atom. The van der Waals surface area contributed by atoms with Crippen molar-refractivity contribution >= 4 is 0 Å². The van der Waals surface area contributed by atoms with Crippen LogP contribution >= 0.6 is 0 Å². The maximum atomic E-state index is 2.53. The zero-order chi connectivity index (χ0) is 8.43. The summed E-state index contributed by atoms with van der Waals surface area (Å²) in [4.78, 5) is 2.53. The molecule has 1 heteroatoms. The van der Waals surface area contributed by atoms with Crippen LogP contribution in [0.3, 0.4) is 0 Å². The predicted octanol–water partition coefficient (Wildman–Crippen LogP) is 2.29. The lowest BCUT2D eigenvalue weighted by molar-refractivity contribution is 0.183. The molecule has 1 unspecified atom stereocenters. The van der Waals surface area contributed by atoms with Crippen molar-refractivity contribution in [2.75, 3.05) is 6.54 Å². The first kappa shape index (κ1) is 8.79. The summed E-state index contributed by atoms with van der Waals surface area (Å²) in [5.41, 5.74) is 0. The third-order valence-corrected chi connectivity index (χ3v) is 2.38. The SMILES string of the molecule is CC(C)C1C=CCN1C(C)C. The van der Waals surface area contributed by atoms with Crippen LogP contribution < -0.4 is 0 Å². The second kappa shape index (κ2) is 3.40. The van der Waals surface area contributed by atoms with Crippen LogP contribution in [0.4, 0.5) is 0 Å². The fourth-order valence-electron chi connectivity index (χ4n) is 1.71. The Hall–Kier alpha value is -0.300. The van der Waals surface area contributed by atoms with Crippen LogP contribution in [0.15, 0.2) is 12.2 Å². The van der Waals surface area contributed by atoms with Crippen molar-refractivity contribution in [3.63, 3.8) is 0 Å². The second-order valence-electron chi connectivity index (χ2n) is 3.95. The molecule has 0 saturated heterocycles. The standard InChI is InChI=1S/C10H19N/c1-8(2)10-6-5-7-11(10)9(3)4/h5-6,8-10H,7H2,1-4H3. The molecule has 0 aliphatic carbocycles. The molecule has 0 saturated carbocycles. The van der Waals surface area contributed by atoms with Crippen LogP contribution in [-0.4, -0.2) is 23.5 Å². The van der Waals surface area contributed by atoms with E-state index in [4.69, 9.17) is 0 Å². The highest BCUT2D eigenvalue weighted by atomic mass is 15.2. The monoisotopic (exact) mass is 153 g/mol. The van der Waals surface area contributed by atoms with E-state index in [0.29, 0.717) is 12.1 Å². The smallest absolute Gasteiger partial charge is 0.0307 e. The maximum Gasteiger partial charge on any atom is 0.0307 e. The van der Waals surface area contributed by atoms with Crippen LogP contribution in [0, 0.1) is 5.92 Å². The average Bonchev–Trinajstić information content (AvgIpc) is 2.32. The molecule has 1 nitrogen and oxygen atoms in total. The van der Waals surface area contributed by atoms with Crippen molar-refractivity contribution in [1.82, 2.24) is 4.90 Å². The zero-order valence-electron chi connectivity index (χ0n) is 8.04. The number of nitrogens with zero attached hydrogens (tertiary/aromatic N) is 1. The van der Waals surface area contributed by atoms with E-state index < -0.39 is 0 Å². The van der Waals surface area contributed by atoms with E-state index in [0.717, 1.165) is 12.5 Å². The van der Waals surface area contributed by atoms with Gasteiger partial charge in [0.25, 0.3) is 0 Å². The summed E-state index contributed by atoms with van der Waals surface area (Å²) in [6, 6.07) is 1.35. The molecule has 1 atom stereocenters. The Morgan fingerprint density at radius 3 is 2.27 bits per heavy atom. The molecule has 0 amide bonds. The number of hydrogen-bond donors (Lipinski definition) is 0. The van der Waals surface area contributed by atoms with Gasteiger partial charge in [-0.3, -0.25) is 4.90 Å². The topological polar surface area (TPSA) is 3.24 Å². The Labute approximate surface area is 70.1 Å². The highest BCUT2D eigenvalue weighted by Crippen LogP contribution is 2.19. The Bertz CT molecular complexity index is 147. The average molecular weight is 153 g/mol. The van der Waals surface area contributed by atoms with Crippen LogP contribution in [0.5, 0.6) is 0 Å². The second-order valence-corrected chi connectivity index (χ2v) is 3.95.